The van der Waals surface area contributed by atoms with Gasteiger partial charge in [0.2, 0.25) is 0 Å². The van der Waals surface area contributed by atoms with Gasteiger partial charge in [0.25, 0.3) is 0 Å². The monoisotopic (exact) mass is 261 g/mol. The Morgan fingerprint density at radius 1 is 1.33 bits per heavy atom. The molecule has 1 aromatic heterocycles. The Morgan fingerprint density at radius 2 is 2.06 bits per heavy atom. The summed E-state index contributed by atoms with van der Waals surface area (Å²) in [5, 5.41) is 2.05. The Morgan fingerprint density at radius 3 is 2.61 bits per heavy atom. The maximum absolute atomic E-state index is 11.2. The summed E-state index contributed by atoms with van der Waals surface area (Å²) in [7, 11) is 1.35. The minimum Gasteiger partial charge on any atom is -0.468 e. The maximum atomic E-state index is 11.2. The number of carbonyl (C=O) groups excluding carboxylic acids is 1. The van der Waals surface area contributed by atoms with Gasteiger partial charge in [-0.2, -0.15) is 0 Å². The average molecular weight is 261 g/mol. The number of ether oxygens (including phenoxy) is 1. The summed E-state index contributed by atoms with van der Waals surface area (Å²) in [5.41, 5.74) is 7.94. The molecule has 94 valence electrons. The summed E-state index contributed by atoms with van der Waals surface area (Å²) >= 11 is 1.71. The van der Waals surface area contributed by atoms with Gasteiger partial charge < -0.3 is 10.5 Å². The molecule has 1 heterocycles. The fraction of sp³-hybridized carbons (Fsp3) is 0.214. The number of thiophene rings is 1. The van der Waals surface area contributed by atoms with E-state index in [9.17, 15) is 4.79 Å². The lowest BCUT2D eigenvalue weighted by atomic mass is 10.0. The molecule has 0 spiro atoms. The topological polar surface area (TPSA) is 52.3 Å². The number of esters is 1. The molecule has 1 aromatic carbocycles. The smallest absolute Gasteiger partial charge is 0.322 e. The first-order valence-corrected chi connectivity index (χ1v) is 6.55. The van der Waals surface area contributed by atoms with Crippen molar-refractivity contribution < 1.29 is 9.53 Å². The SMILES string of the molecule is COC(=O)[C@@H](N)Cc1ccc(-c2cccs2)cc1. The fourth-order valence-electron chi connectivity index (χ4n) is 1.74. The predicted molar refractivity (Wildman–Crippen MR) is 73.5 cm³/mol. The molecule has 2 rings (SSSR count). The van der Waals surface area contributed by atoms with Crippen LogP contribution in [0.5, 0.6) is 0 Å². The van der Waals surface area contributed by atoms with E-state index in [-0.39, 0.29) is 5.97 Å². The van der Waals surface area contributed by atoms with Gasteiger partial charge in [0.15, 0.2) is 0 Å². The Balaban J connectivity index is 2.06. The van der Waals surface area contributed by atoms with Crippen molar-refractivity contribution in [3.8, 4) is 10.4 Å². The zero-order chi connectivity index (χ0) is 13.0. The van der Waals surface area contributed by atoms with Crippen molar-refractivity contribution >= 4 is 17.3 Å². The number of carbonyl (C=O) groups is 1. The highest BCUT2D eigenvalue weighted by molar-refractivity contribution is 7.13. The van der Waals surface area contributed by atoms with Crippen LogP contribution in [0.2, 0.25) is 0 Å². The molecule has 0 radical (unpaired) electrons. The van der Waals surface area contributed by atoms with Crippen LogP contribution < -0.4 is 5.73 Å². The molecular formula is C14H15NO2S. The van der Waals surface area contributed by atoms with E-state index in [0.29, 0.717) is 6.42 Å². The normalized spacial score (nSPS) is 12.1. The lowest BCUT2D eigenvalue weighted by Gasteiger charge is -2.09. The Hall–Kier alpha value is -1.65. The predicted octanol–water partition coefficient (Wildman–Crippen LogP) is 2.46. The number of methoxy groups -OCH3 is 1. The van der Waals surface area contributed by atoms with Crippen LogP contribution in [0.3, 0.4) is 0 Å². The molecule has 1 atom stereocenters. The highest BCUT2D eigenvalue weighted by Crippen LogP contribution is 2.24. The maximum Gasteiger partial charge on any atom is 0.322 e. The third-order valence-electron chi connectivity index (χ3n) is 2.72. The van der Waals surface area contributed by atoms with E-state index in [0.717, 1.165) is 5.56 Å². The average Bonchev–Trinajstić information content (AvgIpc) is 2.92. The zero-order valence-corrected chi connectivity index (χ0v) is 10.9. The van der Waals surface area contributed by atoms with Crippen LogP contribution in [-0.4, -0.2) is 19.1 Å². The van der Waals surface area contributed by atoms with Gasteiger partial charge in [-0.3, -0.25) is 4.79 Å². The largest absolute Gasteiger partial charge is 0.468 e. The molecule has 0 aliphatic carbocycles. The van der Waals surface area contributed by atoms with Gasteiger partial charge in [0.05, 0.1) is 7.11 Å². The Labute approximate surface area is 110 Å². The second kappa shape index (κ2) is 5.80. The number of nitrogens with two attached hydrogens (primary N) is 1. The van der Waals surface area contributed by atoms with Crippen molar-refractivity contribution in [2.75, 3.05) is 7.11 Å². The Bertz CT molecular complexity index is 505. The van der Waals surface area contributed by atoms with Gasteiger partial charge in [-0.25, -0.2) is 0 Å². The van der Waals surface area contributed by atoms with Crippen molar-refractivity contribution in [2.24, 2.45) is 5.73 Å². The lowest BCUT2D eigenvalue weighted by Crippen LogP contribution is -2.33. The third kappa shape index (κ3) is 2.97. The zero-order valence-electron chi connectivity index (χ0n) is 10.1. The van der Waals surface area contributed by atoms with E-state index in [2.05, 4.69) is 16.2 Å². The van der Waals surface area contributed by atoms with Crippen molar-refractivity contribution in [3.63, 3.8) is 0 Å². The molecule has 0 aliphatic heterocycles. The second-order valence-electron chi connectivity index (χ2n) is 4.01. The van der Waals surface area contributed by atoms with Crippen LogP contribution in [-0.2, 0) is 16.0 Å². The summed E-state index contributed by atoms with van der Waals surface area (Å²) in [4.78, 5) is 12.5. The van der Waals surface area contributed by atoms with E-state index in [1.165, 1.54) is 17.6 Å². The van der Waals surface area contributed by atoms with Gasteiger partial charge in [-0.15, -0.1) is 11.3 Å². The molecule has 2 aromatic rings. The molecule has 0 amide bonds. The third-order valence-corrected chi connectivity index (χ3v) is 3.64. The van der Waals surface area contributed by atoms with Crippen LogP contribution in [0.15, 0.2) is 41.8 Å². The molecule has 2 N–H and O–H groups in total. The first-order valence-electron chi connectivity index (χ1n) is 5.67. The standard InChI is InChI=1S/C14H15NO2S/c1-17-14(16)12(15)9-10-4-6-11(7-5-10)13-3-2-8-18-13/h2-8,12H,9,15H2,1H3/t12-/m0/s1. The first kappa shape index (κ1) is 12.8. The summed E-state index contributed by atoms with van der Waals surface area (Å²) in [6.45, 7) is 0. The van der Waals surface area contributed by atoms with Gasteiger partial charge >= 0.3 is 5.97 Å². The molecule has 0 saturated heterocycles. The highest BCUT2D eigenvalue weighted by atomic mass is 32.1. The molecule has 0 fully saturated rings. The van der Waals surface area contributed by atoms with Crippen molar-refractivity contribution in [2.45, 2.75) is 12.5 Å². The molecular weight excluding hydrogens is 246 g/mol. The van der Waals surface area contributed by atoms with Crippen molar-refractivity contribution in [1.29, 1.82) is 0 Å². The summed E-state index contributed by atoms with van der Waals surface area (Å²) in [6, 6.07) is 11.6. The molecule has 0 saturated carbocycles. The number of hydrogen-bond donors (Lipinski definition) is 1. The van der Waals surface area contributed by atoms with E-state index in [4.69, 9.17) is 5.73 Å². The quantitative estimate of drug-likeness (QED) is 0.860. The second-order valence-corrected chi connectivity index (χ2v) is 4.96. The summed E-state index contributed by atoms with van der Waals surface area (Å²) in [5.74, 6) is -0.377. The number of benzene rings is 1. The molecule has 0 aliphatic rings. The van der Waals surface area contributed by atoms with E-state index < -0.39 is 6.04 Å². The van der Waals surface area contributed by atoms with E-state index in [1.54, 1.807) is 11.3 Å². The lowest BCUT2D eigenvalue weighted by molar-refractivity contribution is -0.142. The van der Waals surface area contributed by atoms with Gasteiger partial charge in [-0.1, -0.05) is 30.3 Å². The van der Waals surface area contributed by atoms with E-state index >= 15 is 0 Å². The summed E-state index contributed by atoms with van der Waals surface area (Å²) in [6.07, 6.45) is 0.497. The van der Waals surface area contributed by atoms with Gasteiger partial charge in [-0.05, 0) is 29.0 Å². The molecule has 3 nitrogen and oxygen atoms in total. The number of rotatable bonds is 4. The molecule has 0 bridgehead atoms. The minimum atomic E-state index is -0.595. The summed E-state index contributed by atoms with van der Waals surface area (Å²) < 4.78 is 4.60. The first-order chi connectivity index (χ1) is 8.70. The van der Waals surface area contributed by atoms with Crippen LogP contribution in [0, 0.1) is 0 Å². The van der Waals surface area contributed by atoms with Crippen molar-refractivity contribution in [3.05, 3.63) is 47.3 Å². The van der Waals surface area contributed by atoms with Crippen LogP contribution in [0.25, 0.3) is 10.4 Å². The number of hydrogen-bond acceptors (Lipinski definition) is 4. The van der Waals surface area contributed by atoms with Crippen LogP contribution in [0.1, 0.15) is 5.56 Å². The van der Waals surface area contributed by atoms with Crippen LogP contribution >= 0.6 is 11.3 Å². The van der Waals surface area contributed by atoms with Gasteiger partial charge in [0.1, 0.15) is 6.04 Å². The Kier molecular flexibility index (Phi) is 4.12. The molecule has 0 unspecified atom stereocenters. The molecule has 18 heavy (non-hydrogen) atoms. The van der Waals surface area contributed by atoms with Crippen LogP contribution in [0.4, 0.5) is 0 Å². The fourth-order valence-corrected chi connectivity index (χ4v) is 2.47. The highest BCUT2D eigenvalue weighted by Gasteiger charge is 2.13. The van der Waals surface area contributed by atoms with E-state index in [1.807, 2.05) is 30.3 Å². The van der Waals surface area contributed by atoms with Gasteiger partial charge in [0, 0.05) is 4.88 Å². The molecule has 4 heteroatoms. The van der Waals surface area contributed by atoms with Crippen molar-refractivity contribution in [1.82, 2.24) is 0 Å². The minimum absolute atomic E-state index is 0.377.